The van der Waals surface area contributed by atoms with Gasteiger partial charge in [-0.3, -0.25) is 4.79 Å². The van der Waals surface area contributed by atoms with Gasteiger partial charge in [0.05, 0.1) is 15.5 Å². The third-order valence-corrected chi connectivity index (χ3v) is 8.32. The van der Waals surface area contributed by atoms with E-state index in [0.717, 1.165) is 11.3 Å². The molecule has 0 N–H and O–H groups in total. The second-order valence-electron chi connectivity index (χ2n) is 8.67. The van der Waals surface area contributed by atoms with Gasteiger partial charge in [0, 0.05) is 45.5 Å². The molecule has 194 valence electrons. The molecule has 1 aliphatic heterocycles. The number of nitrogens with zero attached hydrogens (tertiary/aromatic N) is 3. The lowest BCUT2D eigenvalue weighted by molar-refractivity contribution is -0.134. The van der Waals surface area contributed by atoms with Crippen LogP contribution in [-0.2, 0) is 26.1 Å². The molecule has 0 unspecified atom stereocenters. The van der Waals surface area contributed by atoms with E-state index in [1.165, 1.54) is 29.6 Å². The average molecular weight is 542 g/mol. The Morgan fingerprint density at radius 1 is 0.919 bits per heavy atom. The molecule has 0 bridgehead atoms. The first kappa shape index (κ1) is 26.7. The zero-order valence-corrected chi connectivity index (χ0v) is 22.0. The molecule has 0 radical (unpaired) electrons. The van der Waals surface area contributed by atoms with Gasteiger partial charge in [0.1, 0.15) is 0 Å². The fourth-order valence-corrected chi connectivity index (χ4v) is 5.46. The quantitative estimate of drug-likeness (QED) is 0.404. The van der Waals surface area contributed by atoms with Crippen LogP contribution in [0, 0.1) is 0 Å². The number of carbonyl (C=O) groups excluding carboxylic acids is 2. The van der Waals surface area contributed by atoms with Gasteiger partial charge < -0.3 is 14.5 Å². The van der Waals surface area contributed by atoms with E-state index in [2.05, 4.69) is 4.90 Å². The normalized spacial score (nSPS) is 14.0. The Bertz CT molecular complexity index is 1340. The standard InChI is InChI=1S/C27H28ClN3O5S/c1-29(19-21-8-4-2-5-9-21)37(34,35)23-12-13-25(28)24(18-23)27(33)36-20-26(32)31-16-14-30(15-17-31)22-10-6-3-7-11-22/h2-13,18H,14-17,19-20H2,1H3. The topological polar surface area (TPSA) is 87.2 Å². The van der Waals surface area contributed by atoms with Gasteiger partial charge in [-0.15, -0.1) is 0 Å². The first-order valence-electron chi connectivity index (χ1n) is 11.8. The van der Waals surface area contributed by atoms with Crippen molar-refractivity contribution >= 4 is 39.2 Å². The Hall–Kier alpha value is -3.40. The number of hydrogen-bond acceptors (Lipinski definition) is 6. The van der Waals surface area contributed by atoms with E-state index in [9.17, 15) is 18.0 Å². The number of sulfonamides is 1. The minimum Gasteiger partial charge on any atom is -0.452 e. The van der Waals surface area contributed by atoms with Gasteiger partial charge in [-0.25, -0.2) is 13.2 Å². The maximum atomic E-state index is 13.1. The lowest BCUT2D eigenvalue weighted by Crippen LogP contribution is -2.49. The van der Waals surface area contributed by atoms with Gasteiger partial charge in [-0.2, -0.15) is 4.31 Å². The molecule has 1 amide bonds. The second kappa shape index (κ2) is 11.8. The highest BCUT2D eigenvalue weighted by molar-refractivity contribution is 7.89. The number of para-hydroxylation sites is 1. The Morgan fingerprint density at radius 3 is 2.19 bits per heavy atom. The maximum absolute atomic E-state index is 13.1. The third-order valence-electron chi connectivity index (χ3n) is 6.19. The Morgan fingerprint density at radius 2 is 1.54 bits per heavy atom. The summed E-state index contributed by atoms with van der Waals surface area (Å²) >= 11 is 6.18. The SMILES string of the molecule is CN(Cc1ccccc1)S(=O)(=O)c1ccc(Cl)c(C(=O)OCC(=O)N2CCN(c3ccccc3)CC2)c1. The van der Waals surface area contributed by atoms with Crippen molar-refractivity contribution in [1.29, 1.82) is 0 Å². The van der Waals surface area contributed by atoms with E-state index in [4.69, 9.17) is 16.3 Å². The second-order valence-corrected chi connectivity index (χ2v) is 11.1. The average Bonchev–Trinajstić information content (AvgIpc) is 2.92. The van der Waals surface area contributed by atoms with Crippen LogP contribution >= 0.6 is 11.6 Å². The van der Waals surface area contributed by atoms with E-state index in [0.29, 0.717) is 26.2 Å². The van der Waals surface area contributed by atoms with E-state index in [-0.39, 0.29) is 27.9 Å². The lowest BCUT2D eigenvalue weighted by Gasteiger charge is -2.36. The highest BCUT2D eigenvalue weighted by Crippen LogP contribution is 2.24. The summed E-state index contributed by atoms with van der Waals surface area (Å²) in [4.78, 5) is 29.1. The number of rotatable bonds is 8. The number of halogens is 1. The molecule has 3 aromatic rings. The van der Waals surface area contributed by atoms with E-state index >= 15 is 0 Å². The number of anilines is 1. The van der Waals surface area contributed by atoms with Gasteiger partial charge in [0.25, 0.3) is 5.91 Å². The summed E-state index contributed by atoms with van der Waals surface area (Å²) < 4.78 is 32.6. The number of esters is 1. The summed E-state index contributed by atoms with van der Waals surface area (Å²) in [5.74, 6) is -1.17. The highest BCUT2D eigenvalue weighted by atomic mass is 35.5. The maximum Gasteiger partial charge on any atom is 0.340 e. The Labute approximate surface area is 222 Å². The van der Waals surface area contributed by atoms with Crippen molar-refractivity contribution in [2.24, 2.45) is 0 Å². The van der Waals surface area contributed by atoms with Crippen LogP contribution in [0.3, 0.4) is 0 Å². The molecule has 10 heteroatoms. The van der Waals surface area contributed by atoms with Crippen LogP contribution in [0.25, 0.3) is 0 Å². The number of hydrogen-bond donors (Lipinski definition) is 0. The van der Waals surface area contributed by atoms with Crippen LogP contribution in [0.2, 0.25) is 5.02 Å². The molecule has 0 spiro atoms. The van der Waals surface area contributed by atoms with Crippen molar-refractivity contribution in [2.75, 3.05) is 44.7 Å². The zero-order valence-electron chi connectivity index (χ0n) is 20.4. The van der Waals surface area contributed by atoms with Crippen LogP contribution < -0.4 is 4.90 Å². The molecule has 0 saturated carbocycles. The number of carbonyl (C=O) groups is 2. The molecule has 1 fully saturated rings. The smallest absolute Gasteiger partial charge is 0.340 e. The molecule has 1 heterocycles. The van der Waals surface area contributed by atoms with Crippen LogP contribution in [-0.4, -0.2) is 69.3 Å². The van der Waals surface area contributed by atoms with E-state index < -0.39 is 22.6 Å². The number of ether oxygens (including phenoxy) is 1. The third kappa shape index (κ3) is 6.49. The predicted molar refractivity (Wildman–Crippen MR) is 142 cm³/mol. The fraction of sp³-hybridized carbons (Fsp3) is 0.259. The molecule has 1 aliphatic rings. The minimum absolute atomic E-state index is 0.0404. The highest BCUT2D eigenvalue weighted by Gasteiger charge is 2.26. The van der Waals surface area contributed by atoms with Crippen molar-refractivity contribution in [3.05, 3.63) is 95.0 Å². The number of benzene rings is 3. The largest absolute Gasteiger partial charge is 0.452 e. The monoisotopic (exact) mass is 541 g/mol. The van der Waals surface area contributed by atoms with Gasteiger partial charge in [0.2, 0.25) is 10.0 Å². The van der Waals surface area contributed by atoms with Gasteiger partial charge >= 0.3 is 5.97 Å². The van der Waals surface area contributed by atoms with Crippen molar-refractivity contribution in [2.45, 2.75) is 11.4 Å². The van der Waals surface area contributed by atoms with E-state index in [1.807, 2.05) is 60.7 Å². The summed E-state index contributed by atoms with van der Waals surface area (Å²) in [5, 5.41) is 0.0404. The molecule has 37 heavy (non-hydrogen) atoms. The molecule has 4 rings (SSSR count). The minimum atomic E-state index is -3.90. The van der Waals surface area contributed by atoms with Crippen molar-refractivity contribution < 1.29 is 22.7 Å². The predicted octanol–water partition coefficient (Wildman–Crippen LogP) is 3.67. The molecule has 0 atom stereocenters. The van der Waals surface area contributed by atoms with Crippen LogP contribution in [0.15, 0.2) is 83.8 Å². The first-order valence-corrected chi connectivity index (χ1v) is 13.6. The fourth-order valence-electron chi connectivity index (χ4n) is 4.08. The van der Waals surface area contributed by atoms with Crippen LogP contribution in [0.1, 0.15) is 15.9 Å². The van der Waals surface area contributed by atoms with Crippen molar-refractivity contribution in [3.8, 4) is 0 Å². The summed E-state index contributed by atoms with van der Waals surface area (Å²) in [7, 11) is -2.44. The summed E-state index contributed by atoms with van der Waals surface area (Å²) in [6.07, 6.45) is 0. The first-order chi connectivity index (χ1) is 17.8. The summed E-state index contributed by atoms with van der Waals surface area (Å²) in [5.41, 5.74) is 1.81. The molecular weight excluding hydrogens is 514 g/mol. The number of piperazine rings is 1. The molecule has 1 saturated heterocycles. The molecule has 8 nitrogen and oxygen atoms in total. The lowest BCUT2D eigenvalue weighted by atomic mass is 10.2. The van der Waals surface area contributed by atoms with E-state index in [1.54, 1.807) is 4.90 Å². The Balaban J connectivity index is 1.36. The zero-order chi connectivity index (χ0) is 26.4. The summed E-state index contributed by atoms with van der Waals surface area (Å²) in [6.45, 7) is 2.07. The van der Waals surface area contributed by atoms with Crippen molar-refractivity contribution in [1.82, 2.24) is 9.21 Å². The molecule has 0 aliphatic carbocycles. The Kier molecular flexibility index (Phi) is 8.48. The van der Waals surface area contributed by atoms with Gasteiger partial charge in [0.15, 0.2) is 6.61 Å². The number of amides is 1. The van der Waals surface area contributed by atoms with Gasteiger partial charge in [-0.05, 0) is 35.9 Å². The summed E-state index contributed by atoms with van der Waals surface area (Å²) in [6, 6.07) is 23.0. The molecule has 3 aromatic carbocycles. The molecule has 0 aromatic heterocycles. The van der Waals surface area contributed by atoms with Crippen molar-refractivity contribution in [3.63, 3.8) is 0 Å². The molecular formula is C27H28ClN3O5S. The van der Waals surface area contributed by atoms with Crippen LogP contribution in [0.4, 0.5) is 5.69 Å². The van der Waals surface area contributed by atoms with Gasteiger partial charge in [-0.1, -0.05) is 60.1 Å². The van der Waals surface area contributed by atoms with Crippen LogP contribution in [0.5, 0.6) is 0 Å².